The highest BCUT2D eigenvalue weighted by Gasteiger charge is 2.58. The number of aliphatic hydroxyl groups is 1. The summed E-state index contributed by atoms with van der Waals surface area (Å²) in [6.07, 6.45) is 10.5. The Morgan fingerprint density at radius 2 is 2.00 bits per heavy atom. The molecule has 3 N–H and O–H groups in total. The van der Waals surface area contributed by atoms with Gasteiger partial charge in [-0.3, -0.25) is 4.79 Å². The molecule has 3 fully saturated rings. The molecule has 0 unspecified atom stereocenters. The SMILES string of the molecule is C[C@]12CC[C@@H]3[C@H](CCC4=CC(=NOCC(=O)N[C@H](CS)C(=O)O)CC[C@@]43C)[C@H]1CC[C@@H]2O. The van der Waals surface area contributed by atoms with E-state index in [0.717, 1.165) is 44.2 Å². The van der Waals surface area contributed by atoms with Crippen LogP contribution in [-0.2, 0) is 14.4 Å². The van der Waals surface area contributed by atoms with Crippen LogP contribution < -0.4 is 5.32 Å². The monoisotopic (exact) mass is 464 g/mol. The first-order valence-corrected chi connectivity index (χ1v) is 12.5. The van der Waals surface area contributed by atoms with Crippen LogP contribution in [0.15, 0.2) is 16.8 Å². The summed E-state index contributed by atoms with van der Waals surface area (Å²) < 4.78 is 0. The summed E-state index contributed by atoms with van der Waals surface area (Å²) in [4.78, 5) is 28.1. The van der Waals surface area contributed by atoms with Crippen molar-refractivity contribution in [1.29, 1.82) is 0 Å². The summed E-state index contributed by atoms with van der Waals surface area (Å²) in [5, 5.41) is 26.2. The molecule has 178 valence electrons. The number of fused-ring (bicyclic) bond motifs is 5. The third-order valence-electron chi connectivity index (χ3n) is 9.12. The first-order valence-electron chi connectivity index (χ1n) is 11.9. The Morgan fingerprint density at radius 1 is 1.22 bits per heavy atom. The molecule has 0 spiro atoms. The van der Waals surface area contributed by atoms with Gasteiger partial charge in [-0.2, -0.15) is 12.6 Å². The summed E-state index contributed by atoms with van der Waals surface area (Å²) in [7, 11) is 0. The van der Waals surface area contributed by atoms with Crippen molar-refractivity contribution in [2.24, 2.45) is 33.7 Å². The maximum atomic E-state index is 11.9. The quantitative estimate of drug-likeness (QED) is 0.357. The molecule has 8 heteroatoms. The Labute approximate surface area is 195 Å². The molecule has 7 nitrogen and oxygen atoms in total. The summed E-state index contributed by atoms with van der Waals surface area (Å²) in [6, 6.07) is -1.03. The summed E-state index contributed by atoms with van der Waals surface area (Å²) >= 11 is 3.93. The van der Waals surface area contributed by atoms with Gasteiger partial charge in [0.25, 0.3) is 5.91 Å². The fourth-order valence-corrected chi connectivity index (χ4v) is 7.46. The van der Waals surface area contributed by atoms with Crippen molar-refractivity contribution < 1.29 is 24.6 Å². The van der Waals surface area contributed by atoms with Gasteiger partial charge in [-0.15, -0.1) is 0 Å². The van der Waals surface area contributed by atoms with Gasteiger partial charge in [0.1, 0.15) is 6.04 Å². The highest BCUT2D eigenvalue weighted by molar-refractivity contribution is 7.80. The lowest BCUT2D eigenvalue weighted by Crippen LogP contribution is -2.51. The minimum Gasteiger partial charge on any atom is -0.480 e. The lowest BCUT2D eigenvalue weighted by atomic mass is 9.47. The van der Waals surface area contributed by atoms with E-state index in [2.05, 4.69) is 43.0 Å². The molecule has 3 saturated carbocycles. The largest absolute Gasteiger partial charge is 0.480 e. The summed E-state index contributed by atoms with van der Waals surface area (Å²) in [6.45, 7) is 4.42. The molecular weight excluding hydrogens is 428 g/mol. The first kappa shape index (κ1) is 23.6. The van der Waals surface area contributed by atoms with Gasteiger partial charge < -0.3 is 20.4 Å². The molecule has 4 aliphatic carbocycles. The minimum atomic E-state index is -1.12. The van der Waals surface area contributed by atoms with Crippen LogP contribution in [0.1, 0.15) is 65.2 Å². The van der Waals surface area contributed by atoms with E-state index >= 15 is 0 Å². The highest BCUT2D eigenvalue weighted by Crippen LogP contribution is 2.65. The van der Waals surface area contributed by atoms with E-state index in [-0.39, 0.29) is 29.3 Å². The van der Waals surface area contributed by atoms with E-state index in [1.807, 2.05) is 0 Å². The van der Waals surface area contributed by atoms with Gasteiger partial charge in [-0.1, -0.05) is 24.6 Å². The van der Waals surface area contributed by atoms with Crippen molar-refractivity contribution in [1.82, 2.24) is 5.32 Å². The maximum Gasteiger partial charge on any atom is 0.327 e. The molecule has 0 bridgehead atoms. The van der Waals surface area contributed by atoms with E-state index in [9.17, 15) is 14.7 Å². The number of carbonyl (C=O) groups excluding carboxylic acids is 1. The second-order valence-corrected chi connectivity index (χ2v) is 11.0. The number of nitrogens with one attached hydrogen (secondary N) is 1. The molecule has 0 aliphatic heterocycles. The minimum absolute atomic E-state index is 0.0153. The fourth-order valence-electron chi connectivity index (χ4n) is 7.21. The Hall–Kier alpha value is -1.54. The van der Waals surface area contributed by atoms with Crippen molar-refractivity contribution in [3.05, 3.63) is 11.6 Å². The molecule has 0 saturated heterocycles. The van der Waals surface area contributed by atoms with Crippen molar-refractivity contribution in [2.45, 2.75) is 77.4 Å². The summed E-state index contributed by atoms with van der Waals surface area (Å²) in [5.74, 6) is 0.365. The second kappa shape index (κ2) is 9.01. The lowest BCUT2D eigenvalue weighted by molar-refractivity contribution is -0.141. The Kier molecular flexibility index (Phi) is 6.65. The van der Waals surface area contributed by atoms with Crippen molar-refractivity contribution in [3.8, 4) is 0 Å². The second-order valence-electron chi connectivity index (χ2n) is 10.6. The predicted octanol–water partition coefficient (Wildman–Crippen LogP) is 3.18. The Balaban J connectivity index is 1.39. The number of carboxylic acid groups (broad SMARTS) is 1. The third kappa shape index (κ3) is 4.09. The third-order valence-corrected chi connectivity index (χ3v) is 9.49. The smallest absolute Gasteiger partial charge is 0.327 e. The fraction of sp³-hybridized carbons (Fsp3) is 0.792. The molecule has 1 amide bonds. The van der Waals surface area contributed by atoms with Crippen LogP contribution >= 0.6 is 12.6 Å². The van der Waals surface area contributed by atoms with E-state index in [1.165, 1.54) is 18.4 Å². The Morgan fingerprint density at radius 3 is 2.72 bits per heavy atom. The number of aliphatic hydroxyl groups excluding tert-OH is 1. The number of carboxylic acids is 1. The van der Waals surface area contributed by atoms with Crippen molar-refractivity contribution in [2.75, 3.05) is 12.4 Å². The molecule has 0 aromatic carbocycles. The topological polar surface area (TPSA) is 108 Å². The first-order chi connectivity index (χ1) is 15.2. The van der Waals surface area contributed by atoms with Gasteiger partial charge in [0.05, 0.1) is 11.8 Å². The average Bonchev–Trinajstić information content (AvgIpc) is 3.06. The van der Waals surface area contributed by atoms with Crippen molar-refractivity contribution >= 4 is 30.2 Å². The highest BCUT2D eigenvalue weighted by atomic mass is 32.1. The average molecular weight is 465 g/mol. The number of rotatable bonds is 6. The van der Waals surface area contributed by atoms with E-state index < -0.39 is 17.9 Å². The molecule has 7 atom stereocenters. The molecule has 4 rings (SSSR count). The number of hydrogen-bond acceptors (Lipinski definition) is 6. The number of nitrogens with zero attached hydrogens (tertiary/aromatic N) is 1. The molecular formula is C24H36N2O5S. The number of oxime groups is 1. The number of thiol groups is 1. The maximum absolute atomic E-state index is 11.9. The van der Waals surface area contributed by atoms with Gasteiger partial charge in [0, 0.05) is 5.75 Å². The van der Waals surface area contributed by atoms with Crippen LogP contribution in [-0.4, -0.2) is 52.3 Å². The summed E-state index contributed by atoms with van der Waals surface area (Å²) in [5.41, 5.74) is 2.57. The van der Waals surface area contributed by atoms with Gasteiger partial charge >= 0.3 is 5.97 Å². The molecule has 0 aromatic rings. The molecule has 32 heavy (non-hydrogen) atoms. The number of amides is 1. The normalized spacial score (nSPS) is 40.5. The standard InChI is InChI=1S/C24H36N2O5S/c1-23-9-7-15(26-31-12-21(28)25-19(13-32)22(29)30)11-14(23)3-4-16-17-5-6-20(27)24(17,2)10-8-18(16)23/h11,16-20,27,32H,3-10,12-13H2,1-2H3,(H,25,28)(H,29,30)/t16-,17-,18-,19-,20+,23+,24+/m1/s1. The van der Waals surface area contributed by atoms with Crippen LogP contribution in [0.25, 0.3) is 0 Å². The van der Waals surface area contributed by atoms with Gasteiger partial charge in [-0.25, -0.2) is 4.79 Å². The van der Waals surface area contributed by atoms with Crippen LogP contribution in [0.3, 0.4) is 0 Å². The van der Waals surface area contributed by atoms with Crippen LogP contribution in [0, 0.1) is 28.6 Å². The van der Waals surface area contributed by atoms with Gasteiger partial charge in [0.2, 0.25) is 0 Å². The zero-order chi connectivity index (χ0) is 23.1. The number of hydrogen-bond donors (Lipinski definition) is 4. The number of carbonyl (C=O) groups is 2. The van der Waals surface area contributed by atoms with Crippen molar-refractivity contribution in [3.63, 3.8) is 0 Å². The zero-order valence-corrected chi connectivity index (χ0v) is 19.9. The molecule has 0 aromatic heterocycles. The van der Waals surface area contributed by atoms with Crippen LogP contribution in [0.2, 0.25) is 0 Å². The predicted molar refractivity (Wildman–Crippen MR) is 125 cm³/mol. The van der Waals surface area contributed by atoms with E-state index in [1.54, 1.807) is 0 Å². The Bertz CT molecular complexity index is 829. The van der Waals surface area contributed by atoms with Gasteiger partial charge in [0.15, 0.2) is 6.61 Å². The van der Waals surface area contributed by atoms with Crippen LogP contribution in [0.5, 0.6) is 0 Å². The molecule has 0 heterocycles. The number of aliphatic carboxylic acids is 1. The van der Waals surface area contributed by atoms with E-state index in [4.69, 9.17) is 9.94 Å². The van der Waals surface area contributed by atoms with Crippen LogP contribution in [0.4, 0.5) is 0 Å². The molecule has 4 aliphatic rings. The molecule has 0 radical (unpaired) electrons. The number of allylic oxidation sites excluding steroid dienone is 2. The van der Waals surface area contributed by atoms with E-state index in [0.29, 0.717) is 17.8 Å². The lowest BCUT2D eigenvalue weighted by Gasteiger charge is -2.57. The zero-order valence-electron chi connectivity index (χ0n) is 19.0. The van der Waals surface area contributed by atoms with Gasteiger partial charge in [-0.05, 0) is 86.0 Å².